The third-order valence-corrected chi connectivity index (χ3v) is 2.60. The number of ether oxygens (including phenoxy) is 1. The van der Waals surface area contributed by atoms with Gasteiger partial charge in [-0.15, -0.1) is 0 Å². The van der Waals surface area contributed by atoms with Crippen molar-refractivity contribution in [2.75, 3.05) is 40.3 Å². The second-order valence-corrected chi connectivity index (χ2v) is 4.56. The highest BCUT2D eigenvalue weighted by Crippen LogP contribution is 2.11. The van der Waals surface area contributed by atoms with Gasteiger partial charge in [0, 0.05) is 26.2 Å². The minimum absolute atomic E-state index is 0.288. The summed E-state index contributed by atoms with van der Waals surface area (Å²) in [5.74, 6) is 0. The Morgan fingerprint density at radius 3 is 2.87 bits per heavy atom. The molecule has 0 aliphatic carbocycles. The summed E-state index contributed by atoms with van der Waals surface area (Å²) in [6.07, 6.45) is 3.68. The number of hydrogen-bond acceptors (Lipinski definition) is 4. The van der Waals surface area contributed by atoms with E-state index in [1.807, 2.05) is 19.0 Å². The molecule has 4 nitrogen and oxygen atoms in total. The molecule has 1 aliphatic rings. The summed E-state index contributed by atoms with van der Waals surface area (Å²) in [7, 11) is 3.93. The molecule has 4 heteroatoms. The van der Waals surface area contributed by atoms with Crippen LogP contribution >= 0.6 is 0 Å². The molecule has 2 unspecified atom stereocenters. The Morgan fingerprint density at radius 1 is 1.47 bits per heavy atom. The predicted octanol–water partition coefficient (Wildman–Crippen LogP) is 0.0676. The van der Waals surface area contributed by atoms with Gasteiger partial charge >= 0.3 is 0 Å². The number of hydrogen-bond donors (Lipinski definition) is 2. The SMILES string of the molecule is CN(C)CC(O)CNCC1CCCCO1. The maximum Gasteiger partial charge on any atom is 0.0791 e. The van der Waals surface area contributed by atoms with Gasteiger partial charge in [0.25, 0.3) is 0 Å². The summed E-state index contributed by atoms with van der Waals surface area (Å²) in [5.41, 5.74) is 0. The van der Waals surface area contributed by atoms with Crippen LogP contribution in [-0.4, -0.2) is 62.6 Å². The van der Waals surface area contributed by atoms with Crippen LogP contribution in [0.15, 0.2) is 0 Å². The molecular formula is C11H24N2O2. The lowest BCUT2D eigenvalue weighted by molar-refractivity contribution is 0.0148. The molecule has 15 heavy (non-hydrogen) atoms. The van der Waals surface area contributed by atoms with Crippen LogP contribution in [0, 0.1) is 0 Å². The van der Waals surface area contributed by atoms with Crippen LogP contribution in [0.1, 0.15) is 19.3 Å². The predicted molar refractivity (Wildman–Crippen MR) is 61.0 cm³/mol. The Balaban J connectivity index is 1.99. The summed E-state index contributed by atoms with van der Waals surface area (Å²) in [6, 6.07) is 0. The first-order chi connectivity index (χ1) is 7.18. The molecule has 1 saturated heterocycles. The smallest absolute Gasteiger partial charge is 0.0791 e. The molecule has 2 N–H and O–H groups in total. The maximum atomic E-state index is 9.60. The van der Waals surface area contributed by atoms with Crippen LogP contribution in [0.2, 0.25) is 0 Å². The molecule has 0 bridgehead atoms. The van der Waals surface area contributed by atoms with Crippen molar-refractivity contribution in [2.24, 2.45) is 0 Å². The van der Waals surface area contributed by atoms with Gasteiger partial charge in [-0.2, -0.15) is 0 Å². The summed E-state index contributed by atoms with van der Waals surface area (Å²) in [4.78, 5) is 1.99. The van der Waals surface area contributed by atoms with Crippen molar-refractivity contribution in [1.82, 2.24) is 10.2 Å². The molecule has 0 amide bonds. The molecule has 1 heterocycles. The van der Waals surface area contributed by atoms with Crippen molar-refractivity contribution in [3.8, 4) is 0 Å². The molecule has 2 atom stereocenters. The van der Waals surface area contributed by atoms with E-state index in [4.69, 9.17) is 4.74 Å². The van der Waals surface area contributed by atoms with E-state index < -0.39 is 0 Å². The van der Waals surface area contributed by atoms with Crippen molar-refractivity contribution >= 4 is 0 Å². The molecule has 0 radical (unpaired) electrons. The quantitative estimate of drug-likeness (QED) is 0.659. The van der Waals surface area contributed by atoms with Crippen molar-refractivity contribution in [1.29, 1.82) is 0 Å². The first-order valence-corrected chi connectivity index (χ1v) is 5.83. The minimum atomic E-state index is -0.288. The third kappa shape index (κ3) is 6.10. The van der Waals surface area contributed by atoms with Gasteiger partial charge in [0.15, 0.2) is 0 Å². The van der Waals surface area contributed by atoms with E-state index in [-0.39, 0.29) is 6.10 Å². The maximum absolute atomic E-state index is 9.60. The summed E-state index contributed by atoms with van der Waals surface area (Å²) < 4.78 is 5.59. The fraction of sp³-hybridized carbons (Fsp3) is 1.00. The molecular weight excluding hydrogens is 192 g/mol. The Kier molecular flexibility index (Phi) is 6.17. The molecule has 1 fully saturated rings. The van der Waals surface area contributed by atoms with Crippen LogP contribution in [0.25, 0.3) is 0 Å². The lowest BCUT2D eigenvalue weighted by Gasteiger charge is -2.24. The molecule has 0 saturated carbocycles. The molecule has 0 spiro atoms. The second-order valence-electron chi connectivity index (χ2n) is 4.56. The fourth-order valence-corrected chi connectivity index (χ4v) is 1.87. The number of rotatable bonds is 6. The number of aliphatic hydroxyl groups excluding tert-OH is 1. The van der Waals surface area contributed by atoms with Crippen molar-refractivity contribution in [3.63, 3.8) is 0 Å². The topological polar surface area (TPSA) is 44.7 Å². The van der Waals surface area contributed by atoms with E-state index in [1.165, 1.54) is 12.8 Å². The van der Waals surface area contributed by atoms with E-state index in [0.29, 0.717) is 19.2 Å². The van der Waals surface area contributed by atoms with Gasteiger partial charge < -0.3 is 20.1 Å². The first kappa shape index (κ1) is 12.9. The van der Waals surface area contributed by atoms with Crippen molar-refractivity contribution in [3.05, 3.63) is 0 Å². The van der Waals surface area contributed by atoms with Crippen LogP contribution < -0.4 is 5.32 Å². The standard InChI is InChI=1S/C11H24N2O2/c1-13(2)9-10(14)7-12-8-11-5-3-4-6-15-11/h10-12,14H,3-9H2,1-2H3. The first-order valence-electron chi connectivity index (χ1n) is 5.83. The van der Waals surface area contributed by atoms with Gasteiger partial charge in [-0.3, -0.25) is 0 Å². The number of aliphatic hydroxyl groups is 1. The van der Waals surface area contributed by atoms with Crippen LogP contribution in [0.3, 0.4) is 0 Å². The molecule has 90 valence electrons. The lowest BCUT2D eigenvalue weighted by atomic mass is 10.1. The van der Waals surface area contributed by atoms with Gasteiger partial charge in [0.1, 0.15) is 0 Å². The largest absolute Gasteiger partial charge is 0.390 e. The summed E-state index contributed by atoms with van der Waals surface area (Å²) in [5, 5.41) is 12.9. The minimum Gasteiger partial charge on any atom is -0.390 e. The zero-order valence-corrected chi connectivity index (χ0v) is 9.91. The highest BCUT2D eigenvalue weighted by Gasteiger charge is 2.13. The zero-order valence-electron chi connectivity index (χ0n) is 9.91. The molecule has 0 aromatic carbocycles. The van der Waals surface area contributed by atoms with Gasteiger partial charge in [0.05, 0.1) is 12.2 Å². The summed E-state index contributed by atoms with van der Waals surface area (Å²) in [6.45, 7) is 3.12. The van der Waals surface area contributed by atoms with Crippen LogP contribution in [-0.2, 0) is 4.74 Å². The van der Waals surface area contributed by atoms with E-state index in [1.54, 1.807) is 0 Å². The van der Waals surface area contributed by atoms with Gasteiger partial charge in [0.2, 0.25) is 0 Å². The Labute approximate surface area is 92.6 Å². The number of nitrogens with one attached hydrogen (secondary N) is 1. The molecule has 0 aromatic rings. The molecule has 1 rings (SSSR count). The highest BCUT2D eigenvalue weighted by atomic mass is 16.5. The van der Waals surface area contributed by atoms with Crippen LogP contribution in [0.4, 0.5) is 0 Å². The zero-order chi connectivity index (χ0) is 11.1. The van der Waals surface area contributed by atoms with Crippen LogP contribution in [0.5, 0.6) is 0 Å². The van der Waals surface area contributed by atoms with Gasteiger partial charge in [-0.05, 0) is 33.4 Å². The Bertz CT molecular complexity index is 159. The van der Waals surface area contributed by atoms with E-state index in [2.05, 4.69) is 5.32 Å². The fourth-order valence-electron chi connectivity index (χ4n) is 1.87. The molecule has 1 aliphatic heterocycles. The second kappa shape index (κ2) is 7.17. The average molecular weight is 216 g/mol. The van der Waals surface area contributed by atoms with E-state index in [0.717, 1.165) is 19.6 Å². The lowest BCUT2D eigenvalue weighted by Crippen LogP contribution is -2.39. The van der Waals surface area contributed by atoms with E-state index in [9.17, 15) is 5.11 Å². The number of likely N-dealkylation sites (N-methyl/N-ethyl adjacent to an activating group) is 1. The summed E-state index contributed by atoms with van der Waals surface area (Å²) >= 11 is 0. The third-order valence-electron chi connectivity index (χ3n) is 2.60. The monoisotopic (exact) mass is 216 g/mol. The average Bonchev–Trinajstić information content (AvgIpc) is 2.18. The van der Waals surface area contributed by atoms with Crippen molar-refractivity contribution in [2.45, 2.75) is 31.5 Å². The number of nitrogens with zero attached hydrogens (tertiary/aromatic N) is 1. The van der Waals surface area contributed by atoms with Gasteiger partial charge in [-0.1, -0.05) is 0 Å². The van der Waals surface area contributed by atoms with E-state index >= 15 is 0 Å². The van der Waals surface area contributed by atoms with Crippen molar-refractivity contribution < 1.29 is 9.84 Å². The van der Waals surface area contributed by atoms with Gasteiger partial charge in [-0.25, -0.2) is 0 Å². The highest BCUT2D eigenvalue weighted by molar-refractivity contribution is 4.69. The molecule has 0 aromatic heterocycles. The Morgan fingerprint density at radius 2 is 2.27 bits per heavy atom. The Hall–Kier alpha value is -0.160. The normalized spacial score (nSPS) is 24.4.